The van der Waals surface area contributed by atoms with E-state index in [4.69, 9.17) is 0 Å². The van der Waals surface area contributed by atoms with Crippen molar-refractivity contribution in [3.05, 3.63) is 45.7 Å². The van der Waals surface area contributed by atoms with Gasteiger partial charge in [0.05, 0.1) is 13.7 Å². The molecule has 2 N–H and O–H groups in total. The van der Waals surface area contributed by atoms with Gasteiger partial charge in [-0.2, -0.15) is 0 Å². The molecule has 17 heavy (non-hydrogen) atoms. The lowest BCUT2D eigenvalue weighted by Gasteiger charge is -2.08. The highest BCUT2D eigenvalue weighted by atomic mass is 16.5. The second kappa shape index (κ2) is 4.39. The fourth-order valence-electron chi connectivity index (χ4n) is 1.79. The third-order valence-corrected chi connectivity index (χ3v) is 2.58. The molecule has 5 nitrogen and oxygen atoms in total. The zero-order valence-corrected chi connectivity index (χ0v) is 9.19. The fourth-order valence-corrected chi connectivity index (χ4v) is 1.79. The van der Waals surface area contributed by atoms with Crippen LogP contribution < -0.4 is 5.56 Å². The third kappa shape index (κ3) is 1.81. The molecule has 0 spiro atoms. The molecule has 0 saturated heterocycles. The number of carbonyl (C=O) groups is 1. The maximum atomic E-state index is 11.7. The molecule has 5 heteroatoms. The first-order valence-corrected chi connectivity index (χ1v) is 5.02. The Morgan fingerprint density at radius 2 is 2.12 bits per heavy atom. The topological polar surface area (TPSA) is 79.4 Å². The highest BCUT2D eigenvalue weighted by molar-refractivity contribution is 5.96. The Morgan fingerprint density at radius 3 is 2.76 bits per heavy atom. The quantitative estimate of drug-likeness (QED) is 0.752. The number of nitrogens with one attached hydrogen (secondary N) is 1. The highest BCUT2D eigenvalue weighted by Crippen LogP contribution is 2.18. The first-order valence-electron chi connectivity index (χ1n) is 5.02. The summed E-state index contributed by atoms with van der Waals surface area (Å²) in [6.07, 6.45) is 0. The maximum absolute atomic E-state index is 11.7. The van der Waals surface area contributed by atoms with Crippen molar-refractivity contribution in [2.24, 2.45) is 0 Å². The van der Waals surface area contributed by atoms with Crippen LogP contribution in [0.1, 0.15) is 15.9 Å². The van der Waals surface area contributed by atoms with Gasteiger partial charge in [-0.15, -0.1) is 0 Å². The molecule has 1 aromatic heterocycles. The number of esters is 1. The van der Waals surface area contributed by atoms with Gasteiger partial charge in [0.2, 0.25) is 0 Å². The summed E-state index contributed by atoms with van der Waals surface area (Å²) in [6.45, 7) is -0.394. The molecule has 0 radical (unpaired) electrons. The fraction of sp³-hybridized carbons (Fsp3) is 0.167. The predicted octanol–water partition coefficient (Wildman–Crippen LogP) is 0.807. The lowest BCUT2D eigenvalue weighted by Crippen LogP contribution is -2.22. The van der Waals surface area contributed by atoms with Crippen LogP contribution in [0.4, 0.5) is 0 Å². The van der Waals surface area contributed by atoms with E-state index in [2.05, 4.69) is 9.72 Å². The van der Waals surface area contributed by atoms with Crippen molar-refractivity contribution < 1.29 is 14.6 Å². The average molecular weight is 233 g/mol. The summed E-state index contributed by atoms with van der Waals surface area (Å²) in [7, 11) is 1.19. The molecule has 0 saturated carbocycles. The largest absolute Gasteiger partial charge is 0.465 e. The number of aliphatic hydroxyl groups is 1. The van der Waals surface area contributed by atoms with Gasteiger partial charge in [0.1, 0.15) is 5.56 Å². The zero-order chi connectivity index (χ0) is 12.4. The molecule has 0 amide bonds. The number of fused-ring (bicyclic) bond motifs is 1. The van der Waals surface area contributed by atoms with E-state index in [-0.39, 0.29) is 11.1 Å². The van der Waals surface area contributed by atoms with Gasteiger partial charge in [0.15, 0.2) is 0 Å². The SMILES string of the molecule is COC(=O)c1c(CO)c2ccccc2[nH]c1=O. The first kappa shape index (κ1) is 11.3. The van der Waals surface area contributed by atoms with E-state index in [1.54, 1.807) is 24.3 Å². The second-order valence-electron chi connectivity index (χ2n) is 3.50. The van der Waals surface area contributed by atoms with Crippen molar-refractivity contribution in [3.8, 4) is 0 Å². The van der Waals surface area contributed by atoms with E-state index in [9.17, 15) is 14.7 Å². The first-order chi connectivity index (χ1) is 8.19. The van der Waals surface area contributed by atoms with Crippen LogP contribution in [0.25, 0.3) is 10.9 Å². The molecule has 2 aromatic rings. The number of ether oxygens (including phenoxy) is 1. The zero-order valence-electron chi connectivity index (χ0n) is 9.19. The van der Waals surface area contributed by atoms with Gasteiger partial charge in [0, 0.05) is 16.5 Å². The number of aromatic amines is 1. The second-order valence-corrected chi connectivity index (χ2v) is 3.50. The van der Waals surface area contributed by atoms with E-state index in [0.29, 0.717) is 10.9 Å². The number of carbonyl (C=O) groups excluding carboxylic acids is 1. The molecule has 0 fully saturated rings. The minimum absolute atomic E-state index is 0.145. The Hall–Kier alpha value is -2.14. The lowest BCUT2D eigenvalue weighted by molar-refractivity contribution is 0.0595. The number of H-pyrrole nitrogens is 1. The van der Waals surface area contributed by atoms with Crippen LogP contribution in [0, 0.1) is 0 Å². The number of methoxy groups -OCH3 is 1. The van der Waals surface area contributed by atoms with E-state index in [1.807, 2.05) is 0 Å². The number of pyridine rings is 1. The summed E-state index contributed by atoms with van der Waals surface area (Å²) < 4.78 is 4.54. The molecule has 0 bridgehead atoms. The van der Waals surface area contributed by atoms with Crippen LogP contribution in [0.15, 0.2) is 29.1 Å². The Balaban J connectivity index is 2.88. The van der Waals surface area contributed by atoms with Gasteiger partial charge in [-0.25, -0.2) is 4.79 Å². The minimum atomic E-state index is -0.749. The molecule has 88 valence electrons. The molecule has 1 aromatic carbocycles. The van der Waals surface area contributed by atoms with Crippen LogP contribution in [-0.4, -0.2) is 23.2 Å². The third-order valence-electron chi connectivity index (χ3n) is 2.58. The highest BCUT2D eigenvalue weighted by Gasteiger charge is 2.18. The van der Waals surface area contributed by atoms with Crippen molar-refractivity contribution in [2.75, 3.05) is 7.11 Å². The normalized spacial score (nSPS) is 10.5. The minimum Gasteiger partial charge on any atom is -0.465 e. The van der Waals surface area contributed by atoms with E-state index in [0.717, 1.165) is 0 Å². The van der Waals surface area contributed by atoms with E-state index >= 15 is 0 Å². The number of benzene rings is 1. The van der Waals surface area contributed by atoms with Crippen molar-refractivity contribution in [3.63, 3.8) is 0 Å². The van der Waals surface area contributed by atoms with E-state index in [1.165, 1.54) is 7.11 Å². The summed E-state index contributed by atoms with van der Waals surface area (Å²) in [5, 5.41) is 9.96. The molecule has 1 heterocycles. The Morgan fingerprint density at radius 1 is 1.41 bits per heavy atom. The Kier molecular flexibility index (Phi) is 2.93. The monoisotopic (exact) mass is 233 g/mol. The number of hydrogen-bond acceptors (Lipinski definition) is 4. The van der Waals surface area contributed by atoms with E-state index < -0.39 is 18.1 Å². The van der Waals surface area contributed by atoms with Gasteiger partial charge >= 0.3 is 5.97 Å². The smallest absolute Gasteiger partial charge is 0.343 e. The summed E-state index contributed by atoms with van der Waals surface area (Å²) in [5.41, 5.74) is 0.165. The van der Waals surface area contributed by atoms with Gasteiger partial charge < -0.3 is 14.8 Å². The number of aromatic nitrogens is 1. The van der Waals surface area contributed by atoms with Crippen molar-refractivity contribution in [2.45, 2.75) is 6.61 Å². The number of aliphatic hydroxyl groups excluding tert-OH is 1. The van der Waals surface area contributed by atoms with Crippen molar-refractivity contribution in [1.29, 1.82) is 0 Å². The Bertz CT molecular complexity index is 630. The predicted molar refractivity (Wildman–Crippen MR) is 61.8 cm³/mol. The summed E-state index contributed by atoms with van der Waals surface area (Å²) in [5.74, 6) is -0.749. The average Bonchev–Trinajstić information content (AvgIpc) is 2.36. The molecule has 0 aliphatic carbocycles. The molecular weight excluding hydrogens is 222 g/mol. The van der Waals surface area contributed by atoms with Gasteiger partial charge in [-0.1, -0.05) is 18.2 Å². The lowest BCUT2D eigenvalue weighted by atomic mass is 10.0. The Labute approximate surface area is 96.7 Å². The van der Waals surface area contributed by atoms with Gasteiger partial charge in [-0.05, 0) is 6.07 Å². The van der Waals surface area contributed by atoms with Crippen LogP contribution >= 0.6 is 0 Å². The van der Waals surface area contributed by atoms with Crippen LogP contribution in [0.2, 0.25) is 0 Å². The van der Waals surface area contributed by atoms with Gasteiger partial charge in [0.25, 0.3) is 5.56 Å². The number of rotatable bonds is 2. The standard InChI is InChI=1S/C12H11NO4/c1-17-12(16)10-8(6-14)7-4-2-3-5-9(7)13-11(10)15/h2-5,14H,6H2,1H3,(H,13,15). The molecule has 0 unspecified atom stereocenters. The van der Waals surface area contributed by atoms with Crippen molar-refractivity contribution in [1.82, 2.24) is 4.98 Å². The molecule has 0 aliphatic heterocycles. The summed E-state index contributed by atoms with van der Waals surface area (Å²) in [6, 6.07) is 6.96. The van der Waals surface area contributed by atoms with Crippen molar-refractivity contribution >= 4 is 16.9 Å². The van der Waals surface area contributed by atoms with Gasteiger partial charge in [-0.3, -0.25) is 4.79 Å². The molecule has 2 rings (SSSR count). The van der Waals surface area contributed by atoms with Crippen LogP contribution in [0.3, 0.4) is 0 Å². The summed E-state index contributed by atoms with van der Waals surface area (Å²) in [4.78, 5) is 25.8. The van der Waals surface area contributed by atoms with Crippen LogP contribution in [-0.2, 0) is 11.3 Å². The molecule has 0 atom stereocenters. The van der Waals surface area contributed by atoms with Crippen LogP contribution in [0.5, 0.6) is 0 Å². The maximum Gasteiger partial charge on any atom is 0.343 e. The summed E-state index contributed by atoms with van der Waals surface area (Å²) >= 11 is 0. The molecule has 0 aliphatic rings. The number of hydrogen-bond donors (Lipinski definition) is 2. The number of para-hydroxylation sites is 1. The molecular formula is C12H11NO4.